The van der Waals surface area contributed by atoms with Crippen molar-refractivity contribution in [3.05, 3.63) is 65.7 Å². The highest BCUT2D eigenvalue weighted by molar-refractivity contribution is 7.90. The Morgan fingerprint density at radius 3 is 2.52 bits per heavy atom. The second-order valence-corrected chi connectivity index (χ2v) is 8.75. The number of nitrogens with one attached hydrogen (secondary N) is 1. The lowest BCUT2D eigenvalue weighted by Crippen LogP contribution is -2.42. The molecule has 0 saturated carbocycles. The molecule has 1 atom stereocenters. The number of carbonyl (C=O) groups is 1. The van der Waals surface area contributed by atoms with Crippen LogP contribution in [0.2, 0.25) is 0 Å². The fraction of sp³-hybridized carbons (Fsp3) is 0.350. The van der Waals surface area contributed by atoms with Crippen molar-refractivity contribution in [3.63, 3.8) is 0 Å². The number of rotatable bonds is 10. The number of ether oxygens (including phenoxy) is 1. The zero-order valence-corrected chi connectivity index (χ0v) is 16.2. The van der Waals surface area contributed by atoms with Crippen LogP contribution in [-0.4, -0.2) is 38.9 Å². The maximum atomic E-state index is 11.9. The standard InChI is InChI=1S/C20H26N2O4S/c1-27(24,25)13-11-19(21)20(23)22-12-10-16-8-5-9-18(14-16)26-15-17-6-3-2-4-7-17/h2-9,14,19H,10-13,15,21H2,1H3,(H,22,23). The van der Waals surface area contributed by atoms with Gasteiger partial charge in [-0.3, -0.25) is 4.79 Å². The molecule has 2 rings (SSSR count). The third kappa shape index (κ3) is 8.23. The number of hydrogen-bond acceptors (Lipinski definition) is 5. The number of nitrogens with two attached hydrogens (primary N) is 1. The van der Waals surface area contributed by atoms with Crippen molar-refractivity contribution in [3.8, 4) is 5.75 Å². The van der Waals surface area contributed by atoms with Crippen LogP contribution < -0.4 is 15.8 Å². The first-order valence-corrected chi connectivity index (χ1v) is 10.9. The first kappa shape index (κ1) is 20.9. The molecule has 0 radical (unpaired) electrons. The molecule has 1 unspecified atom stereocenters. The molecule has 0 aliphatic rings. The zero-order valence-electron chi connectivity index (χ0n) is 15.4. The summed E-state index contributed by atoms with van der Waals surface area (Å²) in [4.78, 5) is 11.9. The summed E-state index contributed by atoms with van der Waals surface area (Å²) in [5.41, 5.74) is 7.85. The third-order valence-corrected chi connectivity index (χ3v) is 4.97. The van der Waals surface area contributed by atoms with Crippen LogP contribution >= 0.6 is 0 Å². The fourth-order valence-corrected chi connectivity index (χ4v) is 3.15. The maximum Gasteiger partial charge on any atom is 0.236 e. The first-order chi connectivity index (χ1) is 12.8. The largest absolute Gasteiger partial charge is 0.489 e. The van der Waals surface area contributed by atoms with Crippen LogP contribution in [0.3, 0.4) is 0 Å². The highest BCUT2D eigenvalue weighted by Gasteiger charge is 2.15. The van der Waals surface area contributed by atoms with Crippen LogP contribution in [0, 0.1) is 0 Å². The number of amides is 1. The molecule has 2 aromatic rings. The predicted octanol–water partition coefficient (Wildman–Crippen LogP) is 1.69. The highest BCUT2D eigenvalue weighted by atomic mass is 32.2. The van der Waals surface area contributed by atoms with Crippen LogP contribution in [0.1, 0.15) is 17.5 Å². The van der Waals surface area contributed by atoms with E-state index in [1.54, 1.807) is 0 Å². The van der Waals surface area contributed by atoms with Gasteiger partial charge in [0.15, 0.2) is 0 Å². The summed E-state index contributed by atoms with van der Waals surface area (Å²) in [6.45, 7) is 0.920. The Labute approximate surface area is 160 Å². The van der Waals surface area contributed by atoms with Gasteiger partial charge in [-0.1, -0.05) is 42.5 Å². The molecule has 0 bridgehead atoms. The topological polar surface area (TPSA) is 98.5 Å². The Morgan fingerprint density at radius 1 is 1.11 bits per heavy atom. The molecule has 27 heavy (non-hydrogen) atoms. The van der Waals surface area contributed by atoms with Gasteiger partial charge in [-0.25, -0.2) is 8.42 Å². The Morgan fingerprint density at radius 2 is 1.81 bits per heavy atom. The van der Waals surface area contributed by atoms with E-state index in [0.29, 0.717) is 19.6 Å². The second kappa shape index (κ2) is 10.1. The number of benzene rings is 2. The molecule has 0 fully saturated rings. The summed E-state index contributed by atoms with van der Waals surface area (Å²) >= 11 is 0. The van der Waals surface area contributed by atoms with Crippen molar-refractivity contribution in [2.24, 2.45) is 5.73 Å². The number of sulfone groups is 1. The van der Waals surface area contributed by atoms with E-state index in [2.05, 4.69) is 5.32 Å². The van der Waals surface area contributed by atoms with Gasteiger partial charge in [0.05, 0.1) is 11.8 Å². The molecule has 6 nitrogen and oxygen atoms in total. The lowest BCUT2D eigenvalue weighted by atomic mass is 10.1. The van der Waals surface area contributed by atoms with Gasteiger partial charge in [-0.05, 0) is 36.1 Å². The Kier molecular flexibility index (Phi) is 7.82. The minimum absolute atomic E-state index is 0.0949. The molecule has 7 heteroatoms. The van der Waals surface area contributed by atoms with E-state index in [-0.39, 0.29) is 18.1 Å². The lowest BCUT2D eigenvalue weighted by molar-refractivity contribution is -0.122. The van der Waals surface area contributed by atoms with Gasteiger partial charge >= 0.3 is 0 Å². The first-order valence-electron chi connectivity index (χ1n) is 8.80. The van der Waals surface area contributed by atoms with E-state index in [0.717, 1.165) is 23.1 Å². The predicted molar refractivity (Wildman–Crippen MR) is 106 cm³/mol. The summed E-state index contributed by atoms with van der Waals surface area (Å²) < 4.78 is 28.1. The van der Waals surface area contributed by atoms with Crippen molar-refractivity contribution < 1.29 is 17.9 Å². The monoisotopic (exact) mass is 390 g/mol. The Hall–Kier alpha value is -2.38. The number of carbonyl (C=O) groups excluding carboxylic acids is 1. The SMILES string of the molecule is CS(=O)(=O)CCC(N)C(=O)NCCc1cccc(OCc2ccccc2)c1. The van der Waals surface area contributed by atoms with Gasteiger partial charge in [-0.2, -0.15) is 0 Å². The smallest absolute Gasteiger partial charge is 0.236 e. The molecule has 0 spiro atoms. The van der Waals surface area contributed by atoms with Crippen LogP contribution in [0.4, 0.5) is 0 Å². The van der Waals surface area contributed by atoms with E-state index in [9.17, 15) is 13.2 Å². The zero-order chi connectivity index (χ0) is 19.7. The minimum Gasteiger partial charge on any atom is -0.489 e. The second-order valence-electron chi connectivity index (χ2n) is 6.49. The highest BCUT2D eigenvalue weighted by Crippen LogP contribution is 2.15. The summed E-state index contributed by atoms with van der Waals surface area (Å²) in [6.07, 6.45) is 1.88. The molecule has 0 aromatic heterocycles. The van der Waals surface area contributed by atoms with E-state index < -0.39 is 15.9 Å². The van der Waals surface area contributed by atoms with E-state index in [1.165, 1.54) is 0 Å². The van der Waals surface area contributed by atoms with Gasteiger partial charge in [0, 0.05) is 12.8 Å². The maximum absolute atomic E-state index is 11.9. The fourth-order valence-electron chi connectivity index (χ4n) is 2.46. The molecule has 0 aliphatic heterocycles. The van der Waals surface area contributed by atoms with Gasteiger partial charge in [0.25, 0.3) is 0 Å². The molecular weight excluding hydrogens is 364 g/mol. The third-order valence-electron chi connectivity index (χ3n) is 4.00. The van der Waals surface area contributed by atoms with Crippen molar-refractivity contribution >= 4 is 15.7 Å². The molecule has 3 N–H and O–H groups in total. The van der Waals surface area contributed by atoms with E-state index in [1.807, 2.05) is 54.6 Å². The summed E-state index contributed by atoms with van der Waals surface area (Å²) in [5, 5.41) is 2.74. The van der Waals surface area contributed by atoms with Crippen LogP contribution in [0.5, 0.6) is 5.75 Å². The van der Waals surface area contributed by atoms with Gasteiger partial charge in [-0.15, -0.1) is 0 Å². The lowest BCUT2D eigenvalue weighted by Gasteiger charge is -2.12. The molecule has 0 aliphatic carbocycles. The normalized spacial score (nSPS) is 12.4. The Bertz CT molecular complexity index is 838. The molecule has 1 amide bonds. The molecule has 146 valence electrons. The average Bonchev–Trinajstić information content (AvgIpc) is 2.65. The molecule has 0 saturated heterocycles. The summed E-state index contributed by atoms with van der Waals surface area (Å²) in [5.74, 6) is 0.338. The quantitative estimate of drug-likeness (QED) is 0.643. The molecular formula is C20H26N2O4S. The van der Waals surface area contributed by atoms with Crippen molar-refractivity contribution in [1.82, 2.24) is 5.32 Å². The van der Waals surface area contributed by atoms with Crippen molar-refractivity contribution in [2.45, 2.75) is 25.5 Å². The summed E-state index contributed by atoms with van der Waals surface area (Å²) in [6, 6.07) is 16.8. The molecule has 2 aromatic carbocycles. The summed E-state index contributed by atoms with van der Waals surface area (Å²) in [7, 11) is -3.12. The van der Waals surface area contributed by atoms with E-state index >= 15 is 0 Å². The van der Waals surface area contributed by atoms with Crippen molar-refractivity contribution in [1.29, 1.82) is 0 Å². The average molecular weight is 391 g/mol. The van der Waals surface area contributed by atoms with Gasteiger partial charge in [0.1, 0.15) is 22.2 Å². The minimum atomic E-state index is -3.12. The van der Waals surface area contributed by atoms with Gasteiger partial charge in [0.2, 0.25) is 5.91 Å². The van der Waals surface area contributed by atoms with Crippen molar-refractivity contribution in [2.75, 3.05) is 18.6 Å². The molecule has 0 heterocycles. The van der Waals surface area contributed by atoms with Crippen LogP contribution in [0.25, 0.3) is 0 Å². The van der Waals surface area contributed by atoms with E-state index in [4.69, 9.17) is 10.5 Å². The van der Waals surface area contributed by atoms with Gasteiger partial charge < -0.3 is 15.8 Å². The Balaban J connectivity index is 1.76. The number of hydrogen-bond donors (Lipinski definition) is 2. The van der Waals surface area contributed by atoms with Crippen LogP contribution in [-0.2, 0) is 27.7 Å². The van der Waals surface area contributed by atoms with Crippen LogP contribution in [0.15, 0.2) is 54.6 Å².